The number of halogens is 1. The van der Waals surface area contributed by atoms with Crippen LogP contribution in [0.2, 0.25) is 5.02 Å². The second-order valence-corrected chi connectivity index (χ2v) is 11.3. The first-order chi connectivity index (χ1) is 15.2. The van der Waals surface area contributed by atoms with Gasteiger partial charge in [0, 0.05) is 22.7 Å². The van der Waals surface area contributed by atoms with Crippen molar-refractivity contribution in [3.63, 3.8) is 0 Å². The quantitative estimate of drug-likeness (QED) is 0.451. The second kappa shape index (κ2) is 7.57. The molecule has 172 valence electrons. The van der Waals surface area contributed by atoms with Crippen LogP contribution in [0.25, 0.3) is 0 Å². The number of aryl methyl sites for hydroxylation is 1. The lowest BCUT2D eigenvalue weighted by Crippen LogP contribution is -2.32. The zero-order valence-electron chi connectivity index (χ0n) is 20.2. The van der Waals surface area contributed by atoms with Crippen LogP contribution in [0.4, 0.5) is 11.4 Å². The van der Waals surface area contributed by atoms with Gasteiger partial charge in [-0.25, -0.2) is 0 Å². The van der Waals surface area contributed by atoms with Gasteiger partial charge in [-0.3, -0.25) is 0 Å². The third kappa shape index (κ3) is 4.00. The Bertz CT molecular complexity index is 1380. The van der Waals surface area contributed by atoms with Crippen molar-refractivity contribution in [2.75, 3.05) is 0 Å². The van der Waals surface area contributed by atoms with Gasteiger partial charge in [-0.2, -0.15) is 0 Å². The van der Waals surface area contributed by atoms with Crippen LogP contribution in [-0.2, 0) is 10.8 Å². The fourth-order valence-corrected chi connectivity index (χ4v) is 4.32. The Balaban J connectivity index is 2.15. The summed E-state index contributed by atoms with van der Waals surface area (Å²) in [4.78, 5) is 0. The minimum Gasteiger partial charge on any atom is -0.503 e. The minimum atomic E-state index is -0.429. The van der Waals surface area contributed by atoms with Crippen molar-refractivity contribution in [3.8, 4) is 11.5 Å². The van der Waals surface area contributed by atoms with Crippen LogP contribution in [0, 0.1) is 6.92 Å². The van der Waals surface area contributed by atoms with Crippen molar-refractivity contribution < 1.29 is 10.2 Å². The smallest absolute Gasteiger partial charge is 0.234 e. The predicted molar refractivity (Wildman–Crippen MR) is 134 cm³/mol. The highest BCUT2D eigenvalue weighted by atomic mass is 35.5. The van der Waals surface area contributed by atoms with Crippen LogP contribution >= 0.6 is 11.6 Å². The number of fused-ring (bicyclic) bond motifs is 1. The highest BCUT2D eigenvalue weighted by Gasteiger charge is 2.45. The van der Waals surface area contributed by atoms with Gasteiger partial charge in [0.2, 0.25) is 11.4 Å². The summed E-state index contributed by atoms with van der Waals surface area (Å²) in [5.74, 6) is 0.160. The molecule has 3 aromatic carbocycles. The molecular weight excluding hydrogens is 434 g/mol. The molecule has 1 heterocycles. The van der Waals surface area contributed by atoms with Crippen molar-refractivity contribution in [3.05, 3.63) is 81.0 Å². The summed E-state index contributed by atoms with van der Waals surface area (Å²) < 4.78 is -0.429. The van der Waals surface area contributed by atoms with E-state index in [1.165, 1.54) is 0 Å². The molecule has 0 saturated heterocycles. The Morgan fingerprint density at radius 1 is 0.758 bits per heavy atom. The largest absolute Gasteiger partial charge is 0.503 e. The number of hydrogen-bond donors (Lipinski definition) is 2. The van der Waals surface area contributed by atoms with E-state index in [4.69, 9.17) is 21.8 Å². The summed E-state index contributed by atoms with van der Waals surface area (Å²) >= 11 is 6.26. The highest BCUT2D eigenvalue weighted by Crippen LogP contribution is 2.50. The summed E-state index contributed by atoms with van der Waals surface area (Å²) in [7, 11) is 0. The third-order valence-electron chi connectivity index (χ3n) is 6.00. The van der Waals surface area contributed by atoms with Crippen molar-refractivity contribution >= 4 is 23.0 Å². The first kappa shape index (κ1) is 23.3. The standard InChI is InChI=1S/C27H30ClN3O2/c1-16-12-19(27(5,6)7)25(33)23(13-16)31(29-20-10-9-18(28)15-21(20)30-31)22-14-17(26(2,3)4)8-11-24(22)32/h8-15H,1-7H3,(H-,32,33)/p+1. The summed E-state index contributed by atoms with van der Waals surface area (Å²) in [5.41, 5.74) is 3.27. The summed E-state index contributed by atoms with van der Waals surface area (Å²) in [6.45, 7) is 14.5. The topological polar surface area (TPSA) is 65.2 Å². The van der Waals surface area contributed by atoms with E-state index in [1.54, 1.807) is 18.2 Å². The molecule has 1 aliphatic heterocycles. The Labute approximate surface area is 199 Å². The first-order valence-electron chi connectivity index (χ1n) is 11.1. The van der Waals surface area contributed by atoms with Gasteiger partial charge in [-0.1, -0.05) is 65.3 Å². The average molecular weight is 465 g/mol. The molecule has 33 heavy (non-hydrogen) atoms. The number of benzene rings is 3. The molecule has 0 bridgehead atoms. The monoisotopic (exact) mass is 464 g/mol. The van der Waals surface area contributed by atoms with Gasteiger partial charge < -0.3 is 10.2 Å². The summed E-state index contributed by atoms with van der Waals surface area (Å²) in [5, 5.41) is 34.3. The first-order valence-corrected chi connectivity index (χ1v) is 11.4. The molecule has 0 amide bonds. The van der Waals surface area contributed by atoms with Gasteiger partial charge in [0.1, 0.15) is 0 Å². The Morgan fingerprint density at radius 2 is 1.42 bits per heavy atom. The van der Waals surface area contributed by atoms with E-state index in [-0.39, 0.29) is 22.3 Å². The SMILES string of the molecule is Cc1cc(C(C)(C)C)c(O)c([N+]2(c3cc(C(C)(C)C)ccc3O)N=c3ccc(Cl)cc3=N2)c1. The molecule has 1 aliphatic rings. The Kier molecular flexibility index (Phi) is 5.34. The number of aromatic hydroxyl groups is 2. The summed E-state index contributed by atoms with van der Waals surface area (Å²) in [6, 6.07) is 14.7. The van der Waals surface area contributed by atoms with E-state index < -0.39 is 4.70 Å². The predicted octanol–water partition coefficient (Wildman–Crippen LogP) is 6.08. The maximum Gasteiger partial charge on any atom is 0.234 e. The lowest BCUT2D eigenvalue weighted by molar-refractivity contribution is 0.365. The van der Waals surface area contributed by atoms with E-state index in [2.05, 4.69) is 41.5 Å². The molecule has 0 spiro atoms. The fraction of sp³-hybridized carbons (Fsp3) is 0.333. The molecule has 1 unspecified atom stereocenters. The van der Waals surface area contributed by atoms with Crippen LogP contribution in [0.1, 0.15) is 58.2 Å². The maximum absolute atomic E-state index is 11.5. The van der Waals surface area contributed by atoms with Crippen LogP contribution in [0.5, 0.6) is 11.5 Å². The van der Waals surface area contributed by atoms with E-state index in [0.717, 1.165) is 16.7 Å². The summed E-state index contributed by atoms with van der Waals surface area (Å²) in [6.07, 6.45) is 0. The molecule has 0 saturated carbocycles. The average Bonchev–Trinajstić information content (AvgIpc) is 3.07. The number of phenols is 2. The van der Waals surface area contributed by atoms with E-state index in [1.807, 2.05) is 37.3 Å². The Morgan fingerprint density at radius 3 is 2.06 bits per heavy atom. The lowest BCUT2D eigenvalue weighted by atomic mass is 9.84. The second-order valence-electron chi connectivity index (χ2n) is 10.8. The number of quaternary nitrogens is 1. The number of rotatable bonds is 2. The third-order valence-corrected chi connectivity index (χ3v) is 6.23. The van der Waals surface area contributed by atoms with Crippen molar-refractivity contribution in [1.82, 2.24) is 4.70 Å². The van der Waals surface area contributed by atoms with Crippen molar-refractivity contribution in [2.45, 2.75) is 59.3 Å². The van der Waals surface area contributed by atoms with E-state index in [9.17, 15) is 10.2 Å². The van der Waals surface area contributed by atoms with E-state index >= 15 is 0 Å². The molecule has 0 fully saturated rings. The molecule has 5 nitrogen and oxygen atoms in total. The molecule has 4 rings (SSSR count). The number of hydrogen-bond acceptors (Lipinski definition) is 4. The van der Waals surface area contributed by atoms with Crippen LogP contribution in [0.3, 0.4) is 0 Å². The van der Waals surface area contributed by atoms with Crippen LogP contribution in [-0.4, -0.2) is 10.2 Å². The molecule has 1 atom stereocenters. The van der Waals surface area contributed by atoms with Gasteiger partial charge in [0.15, 0.2) is 22.2 Å². The van der Waals surface area contributed by atoms with Crippen molar-refractivity contribution in [1.29, 1.82) is 0 Å². The molecule has 2 N–H and O–H groups in total. The lowest BCUT2D eigenvalue weighted by Gasteiger charge is -2.29. The van der Waals surface area contributed by atoms with Gasteiger partial charge in [0.25, 0.3) is 0 Å². The number of nitrogens with zero attached hydrogens (tertiary/aromatic N) is 3. The van der Waals surface area contributed by atoms with Gasteiger partial charge in [-0.05, 0) is 68.0 Å². The zero-order chi connectivity index (χ0) is 24.3. The van der Waals surface area contributed by atoms with Crippen molar-refractivity contribution in [2.24, 2.45) is 10.2 Å². The Hall–Kier alpha value is -2.89. The molecule has 3 aromatic rings. The molecule has 0 aromatic heterocycles. The minimum absolute atomic E-state index is 0.0487. The number of phenolic OH excluding ortho intramolecular Hbond substituents is 2. The van der Waals surface area contributed by atoms with Gasteiger partial charge >= 0.3 is 0 Å². The molecule has 0 aliphatic carbocycles. The van der Waals surface area contributed by atoms with Gasteiger partial charge in [0.05, 0.1) is 0 Å². The normalized spacial score (nSPS) is 17.9. The molecule has 6 heteroatoms. The fourth-order valence-electron chi connectivity index (χ4n) is 4.15. The zero-order valence-corrected chi connectivity index (χ0v) is 21.0. The highest BCUT2D eigenvalue weighted by molar-refractivity contribution is 6.30. The van der Waals surface area contributed by atoms with Crippen LogP contribution in [0.15, 0.2) is 58.7 Å². The van der Waals surface area contributed by atoms with Gasteiger partial charge in [-0.15, -0.1) is 0 Å². The maximum atomic E-state index is 11.5. The molecular formula is C27H31ClN3O2+. The van der Waals surface area contributed by atoms with Crippen LogP contribution < -0.4 is 15.4 Å². The molecule has 0 radical (unpaired) electrons. The van der Waals surface area contributed by atoms with E-state index in [0.29, 0.717) is 27.1 Å².